The molecule has 1 heterocycles. The molecular weight excluding hydrogens is 264 g/mol. The fraction of sp³-hybridized carbons (Fsp3) is 0.529. The Bertz CT molecular complexity index is 479. The van der Waals surface area contributed by atoms with Gasteiger partial charge in [-0.25, -0.2) is 0 Å². The Hall–Kier alpha value is -1.84. The summed E-state index contributed by atoms with van der Waals surface area (Å²) in [6.07, 6.45) is 1.98. The quantitative estimate of drug-likeness (QED) is 0.801. The van der Waals surface area contributed by atoms with Crippen molar-refractivity contribution in [3.8, 4) is 0 Å². The largest absolute Gasteiger partial charge is 0.334 e. The van der Waals surface area contributed by atoms with Crippen molar-refractivity contribution < 1.29 is 9.59 Å². The SMILES string of the molecule is CCN(Cc1ccccc1)C(=O)C(=O)N1CCC(C)CC1. The molecule has 0 spiro atoms. The second-order valence-electron chi connectivity index (χ2n) is 5.78. The van der Waals surface area contributed by atoms with Gasteiger partial charge in [0, 0.05) is 26.2 Å². The number of carbonyl (C=O) groups is 2. The van der Waals surface area contributed by atoms with Crippen LogP contribution >= 0.6 is 0 Å². The number of nitrogens with zero attached hydrogens (tertiary/aromatic N) is 2. The molecule has 0 bridgehead atoms. The minimum atomic E-state index is -0.379. The van der Waals surface area contributed by atoms with Gasteiger partial charge in [-0.15, -0.1) is 0 Å². The highest BCUT2D eigenvalue weighted by molar-refractivity contribution is 6.34. The molecule has 0 N–H and O–H groups in total. The van der Waals surface area contributed by atoms with E-state index in [1.165, 1.54) is 0 Å². The average molecular weight is 288 g/mol. The van der Waals surface area contributed by atoms with Gasteiger partial charge in [0.2, 0.25) is 0 Å². The van der Waals surface area contributed by atoms with Crippen LogP contribution in [-0.2, 0) is 16.1 Å². The molecule has 1 saturated heterocycles. The third-order valence-corrected chi connectivity index (χ3v) is 4.14. The summed E-state index contributed by atoms with van der Waals surface area (Å²) in [5.41, 5.74) is 1.05. The summed E-state index contributed by atoms with van der Waals surface area (Å²) in [6.45, 7) is 6.54. The third kappa shape index (κ3) is 4.06. The number of piperidine rings is 1. The van der Waals surface area contributed by atoms with Crippen molar-refractivity contribution in [2.75, 3.05) is 19.6 Å². The summed E-state index contributed by atoms with van der Waals surface area (Å²) in [5, 5.41) is 0. The lowest BCUT2D eigenvalue weighted by atomic mass is 9.99. The maximum absolute atomic E-state index is 12.4. The topological polar surface area (TPSA) is 40.6 Å². The van der Waals surface area contributed by atoms with Crippen LogP contribution in [0.25, 0.3) is 0 Å². The van der Waals surface area contributed by atoms with E-state index in [1.807, 2.05) is 37.3 Å². The molecule has 0 atom stereocenters. The lowest BCUT2D eigenvalue weighted by Gasteiger charge is -2.31. The van der Waals surface area contributed by atoms with E-state index in [9.17, 15) is 9.59 Å². The van der Waals surface area contributed by atoms with Crippen LogP contribution in [0.4, 0.5) is 0 Å². The summed E-state index contributed by atoms with van der Waals surface area (Å²) >= 11 is 0. The van der Waals surface area contributed by atoms with Gasteiger partial charge in [-0.2, -0.15) is 0 Å². The van der Waals surface area contributed by atoms with Crippen molar-refractivity contribution in [2.45, 2.75) is 33.2 Å². The number of likely N-dealkylation sites (tertiary alicyclic amines) is 1. The number of hydrogen-bond acceptors (Lipinski definition) is 2. The first-order valence-electron chi connectivity index (χ1n) is 7.74. The smallest absolute Gasteiger partial charge is 0.312 e. The van der Waals surface area contributed by atoms with E-state index in [1.54, 1.807) is 9.80 Å². The van der Waals surface area contributed by atoms with Gasteiger partial charge in [0.1, 0.15) is 0 Å². The van der Waals surface area contributed by atoms with Crippen LogP contribution in [-0.4, -0.2) is 41.2 Å². The van der Waals surface area contributed by atoms with Crippen molar-refractivity contribution in [1.29, 1.82) is 0 Å². The minimum absolute atomic E-state index is 0.348. The third-order valence-electron chi connectivity index (χ3n) is 4.14. The van der Waals surface area contributed by atoms with E-state index in [4.69, 9.17) is 0 Å². The van der Waals surface area contributed by atoms with Gasteiger partial charge in [-0.05, 0) is 31.2 Å². The Morgan fingerprint density at radius 2 is 1.81 bits per heavy atom. The highest BCUT2D eigenvalue weighted by Crippen LogP contribution is 2.16. The second kappa shape index (κ2) is 7.25. The molecule has 0 radical (unpaired) electrons. The van der Waals surface area contributed by atoms with E-state index in [0.717, 1.165) is 18.4 Å². The molecular formula is C17H24N2O2. The Morgan fingerprint density at radius 3 is 2.38 bits per heavy atom. The molecule has 2 amide bonds. The molecule has 0 aromatic heterocycles. The summed E-state index contributed by atoms with van der Waals surface area (Å²) in [6, 6.07) is 9.79. The van der Waals surface area contributed by atoms with Gasteiger partial charge in [0.25, 0.3) is 0 Å². The first-order chi connectivity index (χ1) is 10.1. The fourth-order valence-corrected chi connectivity index (χ4v) is 2.61. The zero-order chi connectivity index (χ0) is 15.2. The molecule has 4 heteroatoms. The van der Waals surface area contributed by atoms with E-state index in [0.29, 0.717) is 32.1 Å². The number of amides is 2. The lowest BCUT2D eigenvalue weighted by Crippen LogP contribution is -2.47. The summed E-state index contributed by atoms with van der Waals surface area (Å²) in [5.74, 6) is -0.0775. The lowest BCUT2D eigenvalue weighted by molar-refractivity contribution is -0.152. The van der Waals surface area contributed by atoms with Crippen LogP contribution in [0.3, 0.4) is 0 Å². The molecule has 21 heavy (non-hydrogen) atoms. The molecule has 0 saturated carbocycles. The summed E-state index contributed by atoms with van der Waals surface area (Å²) < 4.78 is 0. The number of carbonyl (C=O) groups excluding carboxylic acids is 2. The molecule has 1 fully saturated rings. The van der Waals surface area contributed by atoms with Crippen LogP contribution < -0.4 is 0 Å². The van der Waals surface area contributed by atoms with Gasteiger partial charge in [0.15, 0.2) is 0 Å². The molecule has 1 aromatic carbocycles. The van der Waals surface area contributed by atoms with Gasteiger partial charge >= 0.3 is 11.8 Å². The first-order valence-corrected chi connectivity index (χ1v) is 7.74. The number of hydrogen-bond donors (Lipinski definition) is 0. The molecule has 0 aliphatic carbocycles. The van der Waals surface area contributed by atoms with E-state index in [2.05, 4.69) is 6.92 Å². The van der Waals surface area contributed by atoms with Crippen molar-refractivity contribution >= 4 is 11.8 Å². The molecule has 2 rings (SSSR count). The first kappa shape index (κ1) is 15.5. The number of rotatable bonds is 3. The van der Waals surface area contributed by atoms with Crippen molar-refractivity contribution in [3.63, 3.8) is 0 Å². The highest BCUT2D eigenvalue weighted by Gasteiger charge is 2.28. The Labute approximate surface area is 126 Å². The monoisotopic (exact) mass is 288 g/mol. The van der Waals surface area contributed by atoms with E-state index < -0.39 is 0 Å². The zero-order valence-electron chi connectivity index (χ0n) is 12.9. The van der Waals surface area contributed by atoms with Crippen LogP contribution in [0.2, 0.25) is 0 Å². The van der Waals surface area contributed by atoms with E-state index >= 15 is 0 Å². The Kier molecular flexibility index (Phi) is 5.37. The predicted molar refractivity (Wildman–Crippen MR) is 82.5 cm³/mol. The van der Waals surface area contributed by atoms with Crippen LogP contribution in [0.5, 0.6) is 0 Å². The zero-order valence-corrected chi connectivity index (χ0v) is 12.9. The summed E-state index contributed by atoms with van der Waals surface area (Å²) in [7, 11) is 0. The Balaban J connectivity index is 1.97. The van der Waals surface area contributed by atoms with Gasteiger partial charge in [-0.1, -0.05) is 37.3 Å². The van der Waals surface area contributed by atoms with Gasteiger partial charge in [-0.3, -0.25) is 9.59 Å². The number of benzene rings is 1. The normalized spacial score (nSPS) is 15.8. The van der Waals surface area contributed by atoms with Crippen molar-refractivity contribution in [2.24, 2.45) is 5.92 Å². The van der Waals surface area contributed by atoms with Crippen LogP contribution in [0, 0.1) is 5.92 Å². The maximum atomic E-state index is 12.4. The van der Waals surface area contributed by atoms with Gasteiger partial charge in [0.05, 0.1) is 0 Å². The van der Waals surface area contributed by atoms with Crippen LogP contribution in [0.1, 0.15) is 32.3 Å². The summed E-state index contributed by atoms with van der Waals surface area (Å²) in [4.78, 5) is 28.0. The van der Waals surface area contributed by atoms with E-state index in [-0.39, 0.29) is 11.8 Å². The van der Waals surface area contributed by atoms with Gasteiger partial charge < -0.3 is 9.80 Å². The van der Waals surface area contributed by atoms with Crippen LogP contribution in [0.15, 0.2) is 30.3 Å². The fourth-order valence-electron chi connectivity index (χ4n) is 2.61. The molecule has 1 aliphatic rings. The molecule has 0 unspecified atom stereocenters. The molecule has 4 nitrogen and oxygen atoms in total. The average Bonchev–Trinajstić information content (AvgIpc) is 2.53. The maximum Gasteiger partial charge on any atom is 0.312 e. The van der Waals surface area contributed by atoms with Crippen molar-refractivity contribution in [1.82, 2.24) is 9.80 Å². The molecule has 114 valence electrons. The molecule has 1 aromatic rings. The Morgan fingerprint density at radius 1 is 1.19 bits per heavy atom. The van der Waals surface area contributed by atoms with Crippen molar-refractivity contribution in [3.05, 3.63) is 35.9 Å². The minimum Gasteiger partial charge on any atom is -0.334 e. The number of likely N-dealkylation sites (N-methyl/N-ethyl adjacent to an activating group) is 1. The predicted octanol–water partition coefficient (Wildman–Crippen LogP) is 2.29. The molecule has 1 aliphatic heterocycles. The highest BCUT2D eigenvalue weighted by atomic mass is 16.2. The standard InChI is InChI=1S/C17H24N2O2/c1-3-18(13-15-7-5-4-6-8-15)16(20)17(21)19-11-9-14(2)10-12-19/h4-8,14H,3,9-13H2,1-2H3. The second-order valence-corrected chi connectivity index (χ2v) is 5.78.